The van der Waals surface area contributed by atoms with Crippen molar-refractivity contribution in [2.24, 2.45) is 0 Å². The Morgan fingerprint density at radius 3 is 2.95 bits per heavy atom. The summed E-state index contributed by atoms with van der Waals surface area (Å²) in [6.45, 7) is 1.57. The smallest absolute Gasteiger partial charge is 0.328 e. The number of nitrogens with one attached hydrogen (secondary N) is 1. The van der Waals surface area contributed by atoms with Gasteiger partial charge in [0, 0.05) is 6.54 Å². The molecule has 0 aromatic carbocycles. The van der Waals surface area contributed by atoms with E-state index in [0.717, 1.165) is 19.4 Å². The van der Waals surface area contributed by atoms with Crippen molar-refractivity contribution in [2.75, 3.05) is 27.2 Å². The second-order valence-corrected chi connectivity index (χ2v) is 4.87. The monoisotopic (exact) mass is 287 g/mol. The molecule has 110 valence electrons. The van der Waals surface area contributed by atoms with Gasteiger partial charge in [0.1, 0.15) is 17.9 Å². The van der Waals surface area contributed by atoms with Crippen LogP contribution in [0, 0.1) is 11.3 Å². The summed E-state index contributed by atoms with van der Waals surface area (Å²) >= 11 is 0. The number of amides is 1. The van der Waals surface area contributed by atoms with E-state index in [1.54, 1.807) is 0 Å². The van der Waals surface area contributed by atoms with Crippen LogP contribution < -0.4 is 5.32 Å². The van der Waals surface area contributed by atoms with Gasteiger partial charge in [-0.2, -0.15) is 10.2 Å². The number of nitriles is 1. The highest BCUT2D eigenvalue weighted by Crippen LogP contribution is 2.08. The predicted octanol–water partition coefficient (Wildman–Crippen LogP) is 0.597. The fourth-order valence-corrected chi connectivity index (χ4v) is 1.85. The Bertz CT molecular complexity index is 671. The molecule has 1 N–H and O–H groups in total. The van der Waals surface area contributed by atoms with Crippen LogP contribution in [0.4, 0.5) is 4.79 Å². The highest BCUT2D eigenvalue weighted by molar-refractivity contribution is 5.86. The highest BCUT2D eigenvalue weighted by Gasteiger charge is 2.11. The zero-order valence-electron chi connectivity index (χ0n) is 12.1. The van der Waals surface area contributed by atoms with Gasteiger partial charge in [-0.15, -0.1) is 0 Å². The predicted molar refractivity (Wildman–Crippen MR) is 76.6 cm³/mol. The largest absolute Gasteiger partial charge is 0.337 e. The van der Waals surface area contributed by atoms with Gasteiger partial charge in [-0.3, -0.25) is 0 Å². The lowest BCUT2D eigenvalue weighted by Gasteiger charge is -2.09. The molecule has 0 unspecified atom stereocenters. The van der Waals surface area contributed by atoms with Crippen molar-refractivity contribution in [3.63, 3.8) is 0 Å². The first kappa shape index (κ1) is 14.9. The number of aromatic nitrogens is 4. The van der Waals surface area contributed by atoms with Crippen molar-refractivity contribution in [3.8, 4) is 6.07 Å². The lowest BCUT2D eigenvalue weighted by Crippen LogP contribution is -2.29. The molecule has 2 rings (SSSR count). The molecule has 8 heteroatoms. The van der Waals surface area contributed by atoms with Gasteiger partial charge in [-0.1, -0.05) is 0 Å². The summed E-state index contributed by atoms with van der Waals surface area (Å²) in [6, 6.07) is 1.54. The molecule has 0 saturated heterocycles. The van der Waals surface area contributed by atoms with E-state index in [4.69, 9.17) is 5.26 Å². The Balaban J connectivity index is 1.98. The SMILES string of the molecule is CN(C)CCCCNC(=O)n1cnc2cnc(C#N)nc21. The lowest BCUT2D eigenvalue weighted by molar-refractivity contribution is 0.242. The van der Waals surface area contributed by atoms with Crippen molar-refractivity contribution in [1.82, 2.24) is 29.7 Å². The molecule has 0 fully saturated rings. The number of hydrogen-bond acceptors (Lipinski definition) is 6. The molecule has 2 aromatic heterocycles. The fraction of sp³-hybridized carbons (Fsp3) is 0.462. The molecule has 0 aliphatic rings. The Morgan fingerprint density at radius 2 is 2.24 bits per heavy atom. The van der Waals surface area contributed by atoms with E-state index in [9.17, 15) is 4.79 Å². The van der Waals surface area contributed by atoms with E-state index >= 15 is 0 Å². The number of imidazole rings is 1. The van der Waals surface area contributed by atoms with E-state index in [-0.39, 0.29) is 11.9 Å². The number of hydrogen-bond donors (Lipinski definition) is 1. The average molecular weight is 287 g/mol. The minimum atomic E-state index is -0.301. The van der Waals surface area contributed by atoms with Crippen LogP contribution >= 0.6 is 0 Å². The van der Waals surface area contributed by atoms with Crippen molar-refractivity contribution >= 4 is 17.2 Å². The summed E-state index contributed by atoms with van der Waals surface area (Å²) < 4.78 is 1.30. The number of unbranched alkanes of at least 4 members (excludes halogenated alkanes) is 1. The summed E-state index contributed by atoms with van der Waals surface area (Å²) in [5, 5.41) is 11.6. The number of carbonyl (C=O) groups excluding carboxylic acids is 1. The number of carbonyl (C=O) groups is 1. The summed E-state index contributed by atoms with van der Waals surface area (Å²) in [7, 11) is 4.03. The van der Waals surface area contributed by atoms with Crippen molar-refractivity contribution in [3.05, 3.63) is 18.3 Å². The number of nitrogens with zero attached hydrogens (tertiary/aromatic N) is 6. The van der Waals surface area contributed by atoms with Crippen LogP contribution in [0.5, 0.6) is 0 Å². The van der Waals surface area contributed by atoms with Gasteiger partial charge >= 0.3 is 6.03 Å². The number of rotatable bonds is 5. The third kappa shape index (κ3) is 3.73. The molecule has 0 saturated carbocycles. The minimum Gasteiger partial charge on any atom is -0.337 e. The topological polar surface area (TPSA) is 99.7 Å². The standard InChI is InChI=1S/C13H17N7O/c1-19(2)6-4-3-5-15-13(21)20-9-17-10-8-16-11(7-14)18-12(10)20/h8-9H,3-6H2,1-2H3,(H,15,21). The average Bonchev–Trinajstić information content (AvgIpc) is 2.89. The zero-order valence-corrected chi connectivity index (χ0v) is 12.1. The normalized spacial score (nSPS) is 10.8. The van der Waals surface area contributed by atoms with Crippen LogP contribution in [0.15, 0.2) is 12.5 Å². The second-order valence-electron chi connectivity index (χ2n) is 4.87. The molecule has 0 bridgehead atoms. The maximum absolute atomic E-state index is 12.1. The Kier molecular flexibility index (Phi) is 4.79. The van der Waals surface area contributed by atoms with E-state index in [0.29, 0.717) is 17.7 Å². The first-order valence-electron chi connectivity index (χ1n) is 6.65. The van der Waals surface area contributed by atoms with Crippen LogP contribution in [0.1, 0.15) is 18.7 Å². The first-order chi connectivity index (χ1) is 10.1. The van der Waals surface area contributed by atoms with Gasteiger partial charge in [0.2, 0.25) is 5.82 Å². The Morgan fingerprint density at radius 1 is 1.43 bits per heavy atom. The quantitative estimate of drug-likeness (QED) is 0.808. The molecule has 0 aliphatic heterocycles. The van der Waals surface area contributed by atoms with Crippen LogP contribution in [0.2, 0.25) is 0 Å². The molecule has 2 aromatic rings. The molecule has 0 radical (unpaired) electrons. The van der Waals surface area contributed by atoms with Crippen molar-refractivity contribution in [2.45, 2.75) is 12.8 Å². The molecule has 8 nitrogen and oxygen atoms in total. The van der Waals surface area contributed by atoms with Crippen LogP contribution in [0.3, 0.4) is 0 Å². The maximum Gasteiger partial charge on any atom is 0.328 e. The summed E-state index contributed by atoms with van der Waals surface area (Å²) in [6.07, 6.45) is 4.73. The highest BCUT2D eigenvalue weighted by atomic mass is 16.2. The lowest BCUT2D eigenvalue weighted by atomic mass is 10.3. The third-order valence-corrected chi connectivity index (χ3v) is 2.92. The molecule has 0 aliphatic carbocycles. The van der Waals surface area contributed by atoms with Crippen molar-refractivity contribution < 1.29 is 4.79 Å². The molecular formula is C13H17N7O. The fourth-order valence-electron chi connectivity index (χ4n) is 1.85. The summed E-state index contributed by atoms with van der Waals surface area (Å²) in [5.74, 6) is 0.0167. The second kappa shape index (κ2) is 6.76. The summed E-state index contributed by atoms with van der Waals surface area (Å²) in [4.78, 5) is 26.0. The third-order valence-electron chi connectivity index (χ3n) is 2.92. The van der Waals surface area contributed by atoms with Gasteiger partial charge < -0.3 is 10.2 Å². The molecule has 1 amide bonds. The van der Waals surface area contributed by atoms with E-state index in [2.05, 4.69) is 25.2 Å². The van der Waals surface area contributed by atoms with E-state index in [1.165, 1.54) is 17.1 Å². The van der Waals surface area contributed by atoms with E-state index < -0.39 is 0 Å². The number of fused-ring (bicyclic) bond motifs is 1. The summed E-state index contributed by atoms with van der Waals surface area (Å²) in [5.41, 5.74) is 0.823. The molecule has 0 atom stereocenters. The van der Waals surface area contributed by atoms with Crippen LogP contribution in [-0.2, 0) is 0 Å². The van der Waals surface area contributed by atoms with Crippen molar-refractivity contribution in [1.29, 1.82) is 5.26 Å². The molecule has 2 heterocycles. The minimum absolute atomic E-state index is 0.0167. The molecular weight excluding hydrogens is 270 g/mol. The van der Waals surface area contributed by atoms with Gasteiger partial charge in [0.15, 0.2) is 5.65 Å². The Hall–Kier alpha value is -2.53. The van der Waals surface area contributed by atoms with Gasteiger partial charge in [0.25, 0.3) is 0 Å². The zero-order chi connectivity index (χ0) is 15.2. The Labute approximate surface area is 122 Å². The molecule has 0 spiro atoms. The molecule has 21 heavy (non-hydrogen) atoms. The maximum atomic E-state index is 12.1. The van der Waals surface area contributed by atoms with Gasteiger partial charge in [0.05, 0.1) is 6.20 Å². The van der Waals surface area contributed by atoms with Gasteiger partial charge in [-0.25, -0.2) is 19.3 Å². The van der Waals surface area contributed by atoms with Crippen LogP contribution in [-0.4, -0.2) is 57.6 Å². The van der Waals surface area contributed by atoms with Gasteiger partial charge in [-0.05, 0) is 33.5 Å². The van der Waals surface area contributed by atoms with Crippen LogP contribution in [0.25, 0.3) is 11.2 Å². The van der Waals surface area contributed by atoms with E-state index in [1.807, 2.05) is 20.2 Å². The first-order valence-corrected chi connectivity index (χ1v) is 6.65.